The van der Waals surface area contributed by atoms with Gasteiger partial charge in [-0.3, -0.25) is 4.79 Å². The van der Waals surface area contributed by atoms with Gasteiger partial charge in [-0.1, -0.05) is 31.5 Å². The molecule has 3 heteroatoms. The van der Waals surface area contributed by atoms with E-state index in [1.54, 1.807) is 12.1 Å². The molecule has 0 amide bonds. The van der Waals surface area contributed by atoms with Gasteiger partial charge in [-0.15, -0.1) is 0 Å². The van der Waals surface area contributed by atoms with E-state index >= 15 is 0 Å². The van der Waals surface area contributed by atoms with Gasteiger partial charge in [0.15, 0.2) is 11.9 Å². The third kappa shape index (κ3) is 3.99. The normalized spacial score (nSPS) is 27.9. The van der Waals surface area contributed by atoms with Crippen molar-refractivity contribution in [3.8, 4) is 5.75 Å². The van der Waals surface area contributed by atoms with E-state index in [4.69, 9.17) is 16.3 Å². The van der Waals surface area contributed by atoms with Crippen LogP contribution < -0.4 is 4.74 Å². The third-order valence-corrected chi connectivity index (χ3v) is 4.33. The first-order valence-corrected chi connectivity index (χ1v) is 7.79. The third-order valence-electron chi connectivity index (χ3n) is 4.09. The SMILES string of the molecule is CC1CC(C)CC(C(=O)C(C)Oc2cccc(Cl)c2)C1. The first-order chi connectivity index (χ1) is 9.45. The van der Waals surface area contributed by atoms with Crippen molar-refractivity contribution in [2.24, 2.45) is 17.8 Å². The average Bonchev–Trinajstić information content (AvgIpc) is 2.36. The zero-order valence-electron chi connectivity index (χ0n) is 12.4. The number of carbonyl (C=O) groups excluding carboxylic acids is 1. The van der Waals surface area contributed by atoms with Gasteiger partial charge in [0.1, 0.15) is 5.75 Å². The van der Waals surface area contributed by atoms with Gasteiger partial charge < -0.3 is 4.74 Å². The van der Waals surface area contributed by atoms with Crippen molar-refractivity contribution in [2.75, 3.05) is 0 Å². The molecule has 110 valence electrons. The summed E-state index contributed by atoms with van der Waals surface area (Å²) in [6.07, 6.45) is 2.81. The lowest BCUT2D eigenvalue weighted by Crippen LogP contribution is -2.34. The molecule has 0 aliphatic heterocycles. The van der Waals surface area contributed by atoms with Gasteiger partial charge in [-0.25, -0.2) is 0 Å². The minimum Gasteiger partial charge on any atom is -0.483 e. The molecular formula is C17H23ClO2. The molecule has 1 aliphatic carbocycles. The van der Waals surface area contributed by atoms with Crippen molar-refractivity contribution in [1.82, 2.24) is 0 Å². The number of ketones is 1. The molecule has 1 fully saturated rings. The van der Waals surface area contributed by atoms with Crippen molar-refractivity contribution in [3.05, 3.63) is 29.3 Å². The van der Waals surface area contributed by atoms with Crippen LogP contribution in [0.4, 0.5) is 0 Å². The molecule has 3 atom stereocenters. The first-order valence-electron chi connectivity index (χ1n) is 7.41. The number of rotatable bonds is 4. The lowest BCUT2D eigenvalue weighted by Gasteiger charge is -2.31. The minimum atomic E-state index is -0.407. The molecule has 1 saturated carbocycles. The van der Waals surface area contributed by atoms with E-state index in [2.05, 4.69) is 13.8 Å². The lowest BCUT2D eigenvalue weighted by atomic mass is 9.74. The Kier molecular flexibility index (Phi) is 5.09. The predicted octanol–water partition coefficient (Wildman–Crippen LogP) is 4.75. The molecule has 0 saturated heterocycles. The van der Waals surface area contributed by atoms with Crippen LogP contribution in [0.25, 0.3) is 0 Å². The second-order valence-electron chi connectivity index (χ2n) is 6.23. The molecule has 0 bridgehead atoms. The maximum absolute atomic E-state index is 12.5. The maximum atomic E-state index is 12.5. The molecular weight excluding hydrogens is 272 g/mol. The zero-order valence-corrected chi connectivity index (χ0v) is 13.2. The summed E-state index contributed by atoms with van der Waals surface area (Å²) < 4.78 is 5.75. The van der Waals surface area contributed by atoms with Gasteiger partial charge in [-0.05, 0) is 56.2 Å². The summed E-state index contributed by atoms with van der Waals surface area (Å²) in [4.78, 5) is 12.5. The molecule has 1 aliphatic rings. The van der Waals surface area contributed by atoms with E-state index in [1.165, 1.54) is 6.42 Å². The van der Waals surface area contributed by atoms with Crippen LogP contribution in [0.1, 0.15) is 40.0 Å². The van der Waals surface area contributed by atoms with Crippen molar-refractivity contribution < 1.29 is 9.53 Å². The summed E-state index contributed by atoms with van der Waals surface area (Å²) >= 11 is 5.93. The fourth-order valence-corrected chi connectivity index (χ4v) is 3.49. The summed E-state index contributed by atoms with van der Waals surface area (Å²) in [7, 11) is 0. The number of ether oxygens (including phenoxy) is 1. The number of hydrogen-bond donors (Lipinski definition) is 0. The molecule has 0 radical (unpaired) electrons. The minimum absolute atomic E-state index is 0.142. The molecule has 1 aromatic carbocycles. The van der Waals surface area contributed by atoms with Crippen molar-refractivity contribution in [3.63, 3.8) is 0 Å². The van der Waals surface area contributed by atoms with Gasteiger partial charge in [0.2, 0.25) is 0 Å². The van der Waals surface area contributed by atoms with Crippen LogP contribution in [0.3, 0.4) is 0 Å². The van der Waals surface area contributed by atoms with E-state index in [0.29, 0.717) is 22.6 Å². The molecule has 0 N–H and O–H groups in total. The topological polar surface area (TPSA) is 26.3 Å². The molecule has 0 spiro atoms. The molecule has 3 unspecified atom stereocenters. The van der Waals surface area contributed by atoms with Gasteiger partial charge in [0.25, 0.3) is 0 Å². The van der Waals surface area contributed by atoms with Crippen LogP contribution in [0.5, 0.6) is 5.75 Å². The molecule has 2 nitrogen and oxygen atoms in total. The Bertz CT molecular complexity index is 462. The number of benzene rings is 1. The molecule has 20 heavy (non-hydrogen) atoms. The number of halogens is 1. The van der Waals surface area contributed by atoms with Crippen LogP contribution in [0.2, 0.25) is 5.02 Å². The second-order valence-corrected chi connectivity index (χ2v) is 6.67. The molecule has 0 aromatic heterocycles. The van der Waals surface area contributed by atoms with Crippen molar-refractivity contribution >= 4 is 17.4 Å². The predicted molar refractivity (Wildman–Crippen MR) is 82.2 cm³/mol. The fraction of sp³-hybridized carbons (Fsp3) is 0.588. The van der Waals surface area contributed by atoms with Crippen LogP contribution in [-0.4, -0.2) is 11.9 Å². The zero-order chi connectivity index (χ0) is 14.7. The fourth-order valence-electron chi connectivity index (χ4n) is 3.31. The first kappa shape index (κ1) is 15.4. The van der Waals surface area contributed by atoms with Gasteiger partial charge in [-0.2, -0.15) is 0 Å². The largest absolute Gasteiger partial charge is 0.483 e. The van der Waals surface area contributed by atoms with Gasteiger partial charge in [0.05, 0.1) is 0 Å². The molecule has 2 rings (SSSR count). The Balaban J connectivity index is 1.98. The molecule has 0 heterocycles. The highest BCUT2D eigenvalue weighted by atomic mass is 35.5. The summed E-state index contributed by atoms with van der Waals surface area (Å²) in [6.45, 7) is 6.31. The summed E-state index contributed by atoms with van der Waals surface area (Å²) in [6, 6.07) is 7.21. The average molecular weight is 295 g/mol. The summed E-state index contributed by atoms with van der Waals surface area (Å²) in [5.74, 6) is 2.29. The van der Waals surface area contributed by atoms with Crippen LogP contribution >= 0.6 is 11.6 Å². The Labute approximate surface area is 126 Å². The van der Waals surface area contributed by atoms with Crippen molar-refractivity contribution in [2.45, 2.75) is 46.1 Å². The van der Waals surface area contributed by atoms with Gasteiger partial charge >= 0.3 is 0 Å². The lowest BCUT2D eigenvalue weighted by molar-refractivity contribution is -0.131. The highest BCUT2D eigenvalue weighted by molar-refractivity contribution is 6.30. The van der Waals surface area contributed by atoms with E-state index in [0.717, 1.165) is 12.8 Å². The van der Waals surface area contributed by atoms with Gasteiger partial charge in [0, 0.05) is 10.9 Å². The number of carbonyl (C=O) groups is 1. The summed E-state index contributed by atoms with van der Waals surface area (Å²) in [5.41, 5.74) is 0. The Morgan fingerprint density at radius 1 is 1.25 bits per heavy atom. The monoisotopic (exact) mass is 294 g/mol. The van der Waals surface area contributed by atoms with Crippen molar-refractivity contribution in [1.29, 1.82) is 0 Å². The number of Topliss-reactive ketones (excluding diaryl/α,β-unsaturated/α-hetero) is 1. The van der Waals surface area contributed by atoms with E-state index in [1.807, 2.05) is 19.1 Å². The maximum Gasteiger partial charge on any atom is 0.176 e. The van der Waals surface area contributed by atoms with E-state index in [9.17, 15) is 4.79 Å². The van der Waals surface area contributed by atoms with E-state index < -0.39 is 6.10 Å². The van der Waals surface area contributed by atoms with Crippen LogP contribution in [0.15, 0.2) is 24.3 Å². The van der Waals surface area contributed by atoms with Crippen LogP contribution in [0, 0.1) is 17.8 Å². The smallest absolute Gasteiger partial charge is 0.176 e. The Morgan fingerprint density at radius 2 is 1.90 bits per heavy atom. The molecule has 1 aromatic rings. The van der Waals surface area contributed by atoms with Crippen LogP contribution in [-0.2, 0) is 4.79 Å². The second kappa shape index (κ2) is 6.62. The highest BCUT2D eigenvalue weighted by Gasteiger charge is 2.32. The summed E-state index contributed by atoms with van der Waals surface area (Å²) in [5, 5.41) is 0.627. The number of hydrogen-bond acceptors (Lipinski definition) is 2. The highest BCUT2D eigenvalue weighted by Crippen LogP contribution is 2.34. The standard InChI is InChI=1S/C17H23ClO2/c1-11-7-12(2)9-14(8-11)17(19)13(3)20-16-6-4-5-15(18)10-16/h4-6,10-14H,7-9H2,1-3H3. The Morgan fingerprint density at radius 3 is 2.50 bits per heavy atom. The quantitative estimate of drug-likeness (QED) is 0.801. The van der Waals surface area contributed by atoms with E-state index in [-0.39, 0.29) is 11.7 Å². The Hall–Kier alpha value is -1.02.